The number of benzene rings is 1. The molecule has 0 bridgehead atoms. The summed E-state index contributed by atoms with van der Waals surface area (Å²) in [7, 11) is 1.84. The fourth-order valence-electron chi connectivity index (χ4n) is 1.19. The fraction of sp³-hybridized carbons (Fsp3) is 0.400. The molecule has 1 rings (SSSR count). The maximum Gasteiger partial charge on any atom is 0.311 e. The molecular formula is C10H13ClN2O3. The minimum absolute atomic E-state index is 0.0612. The Bertz CT molecular complexity index is 371. The molecule has 0 aliphatic rings. The Balaban J connectivity index is 2.68. The van der Waals surface area contributed by atoms with Crippen LogP contribution in [0.3, 0.4) is 0 Å². The predicted molar refractivity (Wildman–Crippen MR) is 62.1 cm³/mol. The molecule has 0 aliphatic heterocycles. The van der Waals surface area contributed by atoms with E-state index in [2.05, 4.69) is 5.32 Å². The number of nitro benzene ring substituents is 1. The molecule has 0 amide bonds. The van der Waals surface area contributed by atoms with Crippen LogP contribution in [0.4, 0.5) is 5.69 Å². The van der Waals surface area contributed by atoms with Gasteiger partial charge in [0.2, 0.25) is 0 Å². The Labute approximate surface area is 98.5 Å². The number of hydrogen-bond donors (Lipinski definition) is 1. The molecule has 6 heteroatoms. The Hall–Kier alpha value is -1.33. The lowest BCUT2D eigenvalue weighted by molar-refractivity contribution is -0.385. The molecule has 0 aromatic heterocycles. The van der Waals surface area contributed by atoms with Gasteiger partial charge in [0.05, 0.1) is 11.5 Å². The lowest BCUT2D eigenvalue weighted by Gasteiger charge is -2.06. The molecule has 0 fully saturated rings. The number of rotatable bonds is 6. The highest BCUT2D eigenvalue weighted by molar-refractivity contribution is 6.30. The zero-order valence-corrected chi connectivity index (χ0v) is 9.66. The van der Waals surface area contributed by atoms with Crippen molar-refractivity contribution in [1.29, 1.82) is 0 Å². The van der Waals surface area contributed by atoms with Crippen LogP contribution in [0.5, 0.6) is 5.75 Å². The summed E-state index contributed by atoms with van der Waals surface area (Å²) < 4.78 is 5.32. The molecule has 16 heavy (non-hydrogen) atoms. The topological polar surface area (TPSA) is 64.4 Å². The van der Waals surface area contributed by atoms with Crippen molar-refractivity contribution >= 4 is 17.3 Å². The summed E-state index contributed by atoms with van der Waals surface area (Å²) in [4.78, 5) is 10.2. The van der Waals surface area contributed by atoms with E-state index in [1.807, 2.05) is 7.05 Å². The van der Waals surface area contributed by atoms with E-state index in [0.29, 0.717) is 11.6 Å². The molecule has 0 heterocycles. The zero-order chi connectivity index (χ0) is 12.0. The van der Waals surface area contributed by atoms with Gasteiger partial charge < -0.3 is 10.1 Å². The third kappa shape index (κ3) is 3.67. The number of ether oxygens (including phenoxy) is 1. The quantitative estimate of drug-likeness (QED) is 0.474. The number of hydrogen-bond acceptors (Lipinski definition) is 4. The van der Waals surface area contributed by atoms with Crippen LogP contribution in [0.1, 0.15) is 6.42 Å². The van der Waals surface area contributed by atoms with Gasteiger partial charge in [0.15, 0.2) is 5.75 Å². The van der Waals surface area contributed by atoms with E-state index < -0.39 is 4.92 Å². The summed E-state index contributed by atoms with van der Waals surface area (Å²) in [5, 5.41) is 14.1. The Morgan fingerprint density at radius 2 is 2.31 bits per heavy atom. The van der Waals surface area contributed by atoms with E-state index in [1.165, 1.54) is 18.2 Å². The minimum atomic E-state index is -0.482. The zero-order valence-electron chi connectivity index (χ0n) is 8.90. The molecule has 0 saturated carbocycles. The largest absolute Gasteiger partial charge is 0.487 e. The van der Waals surface area contributed by atoms with Gasteiger partial charge in [0.1, 0.15) is 0 Å². The Morgan fingerprint density at radius 3 is 2.94 bits per heavy atom. The Morgan fingerprint density at radius 1 is 1.56 bits per heavy atom. The maximum atomic E-state index is 10.7. The number of halogens is 1. The van der Waals surface area contributed by atoms with Crippen LogP contribution < -0.4 is 10.1 Å². The monoisotopic (exact) mass is 244 g/mol. The van der Waals surface area contributed by atoms with Crippen molar-refractivity contribution in [2.75, 3.05) is 20.2 Å². The molecule has 0 radical (unpaired) electrons. The molecule has 0 unspecified atom stereocenters. The smallest absolute Gasteiger partial charge is 0.311 e. The molecule has 5 nitrogen and oxygen atoms in total. The van der Waals surface area contributed by atoms with Crippen molar-refractivity contribution in [3.8, 4) is 5.75 Å². The summed E-state index contributed by atoms with van der Waals surface area (Å²) in [6, 6.07) is 4.27. The van der Waals surface area contributed by atoms with E-state index in [4.69, 9.17) is 16.3 Å². The van der Waals surface area contributed by atoms with Gasteiger partial charge in [-0.05, 0) is 26.1 Å². The van der Waals surface area contributed by atoms with E-state index in [0.717, 1.165) is 13.0 Å². The molecule has 0 aliphatic carbocycles. The second kappa shape index (κ2) is 6.30. The SMILES string of the molecule is CNCCCOc1cc(Cl)ccc1[N+](=O)[O-]. The molecule has 1 N–H and O–H groups in total. The highest BCUT2D eigenvalue weighted by Gasteiger charge is 2.14. The maximum absolute atomic E-state index is 10.7. The molecule has 0 spiro atoms. The van der Waals surface area contributed by atoms with Crippen LogP contribution in [0, 0.1) is 10.1 Å². The van der Waals surface area contributed by atoms with Gasteiger partial charge in [-0.3, -0.25) is 10.1 Å². The van der Waals surface area contributed by atoms with Crippen molar-refractivity contribution in [2.24, 2.45) is 0 Å². The van der Waals surface area contributed by atoms with Crippen molar-refractivity contribution in [3.63, 3.8) is 0 Å². The summed E-state index contributed by atoms with van der Waals surface area (Å²) >= 11 is 5.75. The van der Waals surface area contributed by atoms with Crippen LogP contribution in [0.2, 0.25) is 5.02 Å². The van der Waals surface area contributed by atoms with Crippen molar-refractivity contribution in [3.05, 3.63) is 33.3 Å². The third-order valence-electron chi connectivity index (χ3n) is 1.95. The second-order valence-corrected chi connectivity index (χ2v) is 3.61. The van der Waals surface area contributed by atoms with E-state index in [1.54, 1.807) is 0 Å². The summed E-state index contributed by atoms with van der Waals surface area (Å²) in [6.07, 6.45) is 0.778. The van der Waals surface area contributed by atoms with Gasteiger partial charge >= 0.3 is 5.69 Å². The first-order valence-electron chi connectivity index (χ1n) is 4.86. The molecule has 88 valence electrons. The predicted octanol–water partition coefficient (Wildman–Crippen LogP) is 2.24. The van der Waals surface area contributed by atoms with Crippen molar-refractivity contribution in [2.45, 2.75) is 6.42 Å². The standard InChI is InChI=1S/C10H13ClN2O3/c1-12-5-2-6-16-10-7-8(11)3-4-9(10)13(14)15/h3-4,7,12H,2,5-6H2,1H3. The summed E-state index contributed by atoms with van der Waals surface area (Å²) in [5.74, 6) is 0.216. The van der Waals surface area contributed by atoms with E-state index in [-0.39, 0.29) is 11.4 Å². The first-order chi connectivity index (χ1) is 7.65. The Kier molecular flexibility index (Phi) is 5.01. The van der Waals surface area contributed by atoms with Gasteiger partial charge in [-0.15, -0.1) is 0 Å². The van der Waals surface area contributed by atoms with Gasteiger partial charge in [-0.1, -0.05) is 11.6 Å². The van der Waals surface area contributed by atoms with Crippen LogP contribution in [-0.2, 0) is 0 Å². The lowest BCUT2D eigenvalue weighted by atomic mass is 10.3. The lowest BCUT2D eigenvalue weighted by Crippen LogP contribution is -2.11. The van der Waals surface area contributed by atoms with Crippen LogP contribution >= 0.6 is 11.6 Å². The normalized spacial score (nSPS) is 10.1. The van der Waals surface area contributed by atoms with E-state index >= 15 is 0 Å². The van der Waals surface area contributed by atoms with Crippen molar-refractivity contribution < 1.29 is 9.66 Å². The molecule has 1 aromatic rings. The van der Waals surface area contributed by atoms with Gasteiger partial charge in [0.25, 0.3) is 0 Å². The van der Waals surface area contributed by atoms with Crippen LogP contribution in [0.15, 0.2) is 18.2 Å². The average molecular weight is 245 g/mol. The fourth-order valence-corrected chi connectivity index (χ4v) is 1.35. The minimum Gasteiger partial charge on any atom is -0.487 e. The van der Waals surface area contributed by atoms with Crippen LogP contribution in [0.25, 0.3) is 0 Å². The average Bonchev–Trinajstić information content (AvgIpc) is 2.24. The molecule has 0 atom stereocenters. The first kappa shape index (κ1) is 12.7. The number of nitro groups is 1. The molecule has 1 aromatic carbocycles. The third-order valence-corrected chi connectivity index (χ3v) is 2.18. The molecule has 0 saturated heterocycles. The van der Waals surface area contributed by atoms with Gasteiger partial charge in [-0.25, -0.2) is 0 Å². The molecular weight excluding hydrogens is 232 g/mol. The van der Waals surface area contributed by atoms with Crippen molar-refractivity contribution in [1.82, 2.24) is 5.32 Å². The number of nitrogens with zero attached hydrogens (tertiary/aromatic N) is 1. The highest BCUT2D eigenvalue weighted by atomic mass is 35.5. The number of nitrogens with one attached hydrogen (secondary N) is 1. The van der Waals surface area contributed by atoms with Crippen LogP contribution in [-0.4, -0.2) is 25.1 Å². The van der Waals surface area contributed by atoms with Gasteiger partial charge in [-0.2, -0.15) is 0 Å². The summed E-state index contributed by atoms with van der Waals surface area (Å²) in [5.41, 5.74) is -0.0612. The first-order valence-corrected chi connectivity index (χ1v) is 5.24. The highest BCUT2D eigenvalue weighted by Crippen LogP contribution is 2.29. The van der Waals surface area contributed by atoms with Gasteiger partial charge in [0, 0.05) is 17.2 Å². The summed E-state index contributed by atoms with van der Waals surface area (Å²) in [6.45, 7) is 1.22. The second-order valence-electron chi connectivity index (χ2n) is 3.17. The van der Waals surface area contributed by atoms with E-state index in [9.17, 15) is 10.1 Å².